The molecule has 0 amide bonds. The van der Waals surface area contributed by atoms with Gasteiger partial charge < -0.3 is 0 Å². The normalized spacial score (nSPS) is 10.9. The number of Topliss-reactive ketones (excluding diaryl/α,β-unsaturated/α-hetero) is 1. The number of rotatable bonds is 8. The van der Waals surface area contributed by atoms with Crippen LogP contribution in [-0.2, 0) is 14.6 Å². The molecule has 0 spiro atoms. The number of hydrogen-bond acceptors (Lipinski definition) is 4. The summed E-state index contributed by atoms with van der Waals surface area (Å²) in [4.78, 5) is 11.2. The summed E-state index contributed by atoms with van der Waals surface area (Å²) in [5, 5.41) is 2.76. The molecule has 0 saturated carbocycles. The van der Waals surface area contributed by atoms with Crippen molar-refractivity contribution in [2.45, 2.75) is 19.8 Å². The lowest BCUT2D eigenvalue weighted by Crippen LogP contribution is -2.23. The number of nitrogens with one attached hydrogen (secondary N) is 1. The number of carbonyl (C=O) groups excluding carboxylic acids is 1. The first-order valence-corrected chi connectivity index (χ1v) is 6.70. The maximum atomic E-state index is 11.2. The van der Waals surface area contributed by atoms with Gasteiger partial charge in [0.2, 0.25) is 0 Å². The summed E-state index contributed by atoms with van der Waals surface area (Å²) in [5.41, 5.74) is 0. The number of hydrogen-bond donors (Lipinski definition) is 1. The zero-order valence-corrected chi connectivity index (χ0v) is 9.77. The Bertz CT molecular complexity index is 327. The van der Waals surface area contributed by atoms with Crippen LogP contribution >= 0.6 is 0 Å². The Kier molecular flexibility index (Phi) is 7.01. The molecule has 0 atom stereocenters. The third kappa shape index (κ3) is 8.16. The van der Waals surface area contributed by atoms with Crippen molar-refractivity contribution in [2.75, 3.05) is 24.6 Å². The predicted octanol–water partition coefficient (Wildman–Crippen LogP) is -0.00680. The fourth-order valence-corrected chi connectivity index (χ4v) is 1.87. The van der Waals surface area contributed by atoms with Crippen molar-refractivity contribution in [3.63, 3.8) is 0 Å². The van der Waals surface area contributed by atoms with Crippen LogP contribution in [0.1, 0.15) is 19.8 Å². The molecule has 0 unspecified atom stereocenters. The molecule has 1 N–H and O–H groups in total. The second kappa shape index (κ2) is 7.43. The van der Waals surface area contributed by atoms with Crippen LogP contribution in [0.4, 0.5) is 0 Å². The molecule has 0 bridgehead atoms. The molecular weight excluding hydrogens is 214 g/mol. The smallest absolute Gasteiger partial charge is 0.150 e. The van der Waals surface area contributed by atoms with Gasteiger partial charge in [0.15, 0.2) is 0 Å². The molecule has 86 valence electrons. The average molecular weight is 231 g/mol. The van der Waals surface area contributed by atoms with Crippen LogP contribution in [-0.4, -0.2) is 38.8 Å². The summed E-state index contributed by atoms with van der Waals surface area (Å²) in [6.07, 6.45) is 5.67. The highest BCUT2D eigenvalue weighted by Crippen LogP contribution is 1.97. The molecule has 0 aromatic carbocycles. The Balaban J connectivity index is 3.61. The molecule has 0 aliphatic carbocycles. The van der Waals surface area contributed by atoms with E-state index < -0.39 is 9.84 Å². The maximum absolute atomic E-state index is 11.2. The van der Waals surface area contributed by atoms with Crippen LogP contribution in [0.15, 0.2) is 0 Å². The van der Waals surface area contributed by atoms with Crippen molar-refractivity contribution >= 4 is 15.6 Å². The molecule has 0 aliphatic rings. The number of terminal acetylenes is 1. The van der Waals surface area contributed by atoms with Crippen LogP contribution in [0.5, 0.6) is 0 Å². The van der Waals surface area contributed by atoms with Gasteiger partial charge in [0.1, 0.15) is 15.6 Å². The van der Waals surface area contributed by atoms with Gasteiger partial charge in [-0.1, -0.05) is 12.8 Å². The van der Waals surface area contributed by atoms with E-state index in [1.807, 2.05) is 0 Å². The van der Waals surface area contributed by atoms with Gasteiger partial charge in [-0.15, -0.1) is 6.42 Å². The van der Waals surface area contributed by atoms with Crippen LogP contribution in [0.2, 0.25) is 0 Å². The molecule has 0 heterocycles. The molecule has 0 aromatic rings. The quantitative estimate of drug-likeness (QED) is 0.471. The summed E-state index contributed by atoms with van der Waals surface area (Å²) in [6.45, 7) is 2.18. The van der Waals surface area contributed by atoms with E-state index in [9.17, 15) is 13.2 Å². The molecule has 0 aliphatic heterocycles. The summed E-state index contributed by atoms with van der Waals surface area (Å²) in [7, 11) is -2.95. The largest absolute Gasteiger partial charge is 0.299 e. The van der Waals surface area contributed by atoms with Gasteiger partial charge in [0.05, 0.1) is 18.8 Å². The highest BCUT2D eigenvalue weighted by Gasteiger charge is 2.08. The lowest BCUT2D eigenvalue weighted by atomic mass is 10.2. The highest BCUT2D eigenvalue weighted by molar-refractivity contribution is 7.91. The van der Waals surface area contributed by atoms with E-state index in [-0.39, 0.29) is 30.3 Å². The number of carbonyl (C=O) groups is 1. The highest BCUT2D eigenvalue weighted by atomic mass is 32.2. The van der Waals surface area contributed by atoms with Crippen LogP contribution < -0.4 is 5.32 Å². The van der Waals surface area contributed by atoms with Crippen molar-refractivity contribution < 1.29 is 13.2 Å². The van der Waals surface area contributed by atoms with Crippen molar-refractivity contribution in [3.8, 4) is 12.3 Å². The van der Waals surface area contributed by atoms with E-state index >= 15 is 0 Å². The Labute approximate surface area is 91.4 Å². The summed E-state index contributed by atoms with van der Waals surface area (Å²) < 4.78 is 22.2. The van der Waals surface area contributed by atoms with Crippen molar-refractivity contribution in [1.82, 2.24) is 5.32 Å². The maximum Gasteiger partial charge on any atom is 0.150 e. The summed E-state index contributed by atoms with van der Waals surface area (Å²) >= 11 is 0. The molecule has 0 saturated heterocycles. The Morgan fingerprint density at radius 1 is 1.47 bits per heavy atom. The number of sulfone groups is 1. The molecule has 0 radical (unpaired) electrons. The topological polar surface area (TPSA) is 63.2 Å². The van der Waals surface area contributed by atoms with Crippen LogP contribution in [0.25, 0.3) is 0 Å². The van der Waals surface area contributed by atoms with E-state index in [1.54, 1.807) is 6.92 Å². The van der Waals surface area contributed by atoms with Gasteiger partial charge >= 0.3 is 0 Å². The summed E-state index contributed by atoms with van der Waals surface area (Å²) in [5.74, 6) is 2.57. The predicted molar refractivity (Wildman–Crippen MR) is 60.3 cm³/mol. The standard InChI is InChI=1S/C10H17NO3S/c1-3-7-11-9-10(12)6-5-8-15(13,14)4-2/h1,11H,4-9H2,2H3. The van der Waals surface area contributed by atoms with Gasteiger partial charge in [0.25, 0.3) is 0 Å². The molecule has 4 nitrogen and oxygen atoms in total. The molecule has 0 fully saturated rings. The monoisotopic (exact) mass is 231 g/mol. The van der Waals surface area contributed by atoms with E-state index in [0.717, 1.165) is 0 Å². The third-order valence-corrected chi connectivity index (χ3v) is 3.69. The second-order valence-electron chi connectivity index (χ2n) is 3.19. The minimum atomic E-state index is -2.95. The molecule has 15 heavy (non-hydrogen) atoms. The first kappa shape index (κ1) is 14.1. The van der Waals surface area contributed by atoms with Crippen LogP contribution in [0.3, 0.4) is 0 Å². The fourth-order valence-electron chi connectivity index (χ4n) is 0.996. The lowest BCUT2D eigenvalue weighted by molar-refractivity contribution is -0.118. The van der Waals surface area contributed by atoms with E-state index in [4.69, 9.17) is 6.42 Å². The van der Waals surface area contributed by atoms with Gasteiger partial charge in [0, 0.05) is 12.2 Å². The lowest BCUT2D eigenvalue weighted by Gasteiger charge is -2.01. The molecular formula is C10H17NO3S. The SMILES string of the molecule is C#CCNCC(=O)CCCS(=O)(=O)CC. The Hall–Kier alpha value is -0.860. The minimum Gasteiger partial charge on any atom is -0.299 e. The summed E-state index contributed by atoms with van der Waals surface area (Å²) in [6, 6.07) is 0. The third-order valence-electron chi connectivity index (χ3n) is 1.90. The van der Waals surface area contributed by atoms with Crippen LogP contribution in [0, 0.1) is 12.3 Å². The van der Waals surface area contributed by atoms with Crippen molar-refractivity contribution in [1.29, 1.82) is 0 Å². The zero-order valence-electron chi connectivity index (χ0n) is 8.95. The second-order valence-corrected chi connectivity index (χ2v) is 5.66. The first-order valence-electron chi connectivity index (χ1n) is 4.88. The van der Waals surface area contributed by atoms with E-state index in [2.05, 4.69) is 11.2 Å². The molecule has 5 heteroatoms. The fraction of sp³-hybridized carbons (Fsp3) is 0.700. The average Bonchev–Trinajstić information content (AvgIpc) is 2.18. The Morgan fingerprint density at radius 2 is 2.13 bits per heavy atom. The molecule has 0 aromatic heterocycles. The van der Waals surface area contributed by atoms with E-state index in [0.29, 0.717) is 13.0 Å². The van der Waals surface area contributed by atoms with Gasteiger partial charge in [-0.3, -0.25) is 10.1 Å². The van der Waals surface area contributed by atoms with Crippen molar-refractivity contribution in [3.05, 3.63) is 0 Å². The zero-order chi connectivity index (χ0) is 11.7. The first-order chi connectivity index (χ1) is 7.02. The van der Waals surface area contributed by atoms with Gasteiger partial charge in [-0.2, -0.15) is 0 Å². The van der Waals surface area contributed by atoms with E-state index in [1.165, 1.54) is 0 Å². The minimum absolute atomic E-state index is 0.00319. The van der Waals surface area contributed by atoms with Crippen molar-refractivity contribution in [2.24, 2.45) is 0 Å². The van der Waals surface area contributed by atoms with Gasteiger partial charge in [-0.25, -0.2) is 8.42 Å². The molecule has 0 rings (SSSR count). The Morgan fingerprint density at radius 3 is 2.67 bits per heavy atom. The van der Waals surface area contributed by atoms with Gasteiger partial charge in [-0.05, 0) is 6.42 Å². The number of ketones is 1.